The van der Waals surface area contributed by atoms with E-state index in [1.807, 2.05) is 80.9 Å². The molecule has 0 saturated heterocycles. The average molecular weight is 579 g/mol. The summed E-state index contributed by atoms with van der Waals surface area (Å²) in [5.41, 5.74) is 0. The van der Waals surface area contributed by atoms with Gasteiger partial charge in [-0.25, -0.2) is 0 Å². The summed E-state index contributed by atoms with van der Waals surface area (Å²) in [5, 5.41) is 8.87. The Morgan fingerprint density at radius 3 is 0.974 bits per heavy atom. The minimum atomic E-state index is 0. The molecule has 0 rings (SSSR count). The molecule has 0 aliphatic heterocycles. The molecule has 0 amide bonds. The van der Waals surface area contributed by atoms with Crippen LogP contribution in [0, 0.1) is 0 Å². The lowest BCUT2D eigenvalue weighted by molar-refractivity contribution is -0.0972. The van der Waals surface area contributed by atoms with E-state index in [0.717, 1.165) is 6.67 Å². The van der Waals surface area contributed by atoms with E-state index >= 15 is 0 Å². The van der Waals surface area contributed by atoms with Crippen molar-refractivity contribution in [3.05, 3.63) is 0 Å². The highest BCUT2D eigenvalue weighted by Gasteiger charge is 2.03. The van der Waals surface area contributed by atoms with Crippen molar-refractivity contribution in [2.75, 3.05) is 144 Å². The predicted octanol–water partition coefficient (Wildman–Crippen LogP) is 1.05. The monoisotopic (exact) mass is 579 g/mol. The summed E-state index contributed by atoms with van der Waals surface area (Å²) in [6.45, 7) is 6.79. The maximum Gasteiger partial charge on any atom is 0.102 e. The molecule has 0 unspecified atom stereocenters. The van der Waals surface area contributed by atoms with E-state index in [1.165, 1.54) is 0 Å². The second kappa shape index (κ2) is 39.6. The third kappa shape index (κ3) is 42.1. The molecule has 0 aliphatic carbocycles. The van der Waals surface area contributed by atoms with Crippen LogP contribution >= 0.6 is 0 Å². The highest BCUT2D eigenvalue weighted by molar-refractivity contribution is 4.40. The lowest BCUT2D eigenvalue weighted by atomic mass is 10.8. The Kier molecular flexibility index (Phi) is 52.0. The fourth-order valence-electron chi connectivity index (χ4n) is 2.35. The lowest BCUT2D eigenvalue weighted by Crippen LogP contribution is -2.33. The molecule has 14 heteroatoms. The molecule has 0 aromatic rings. The van der Waals surface area contributed by atoms with Crippen LogP contribution in [0.15, 0.2) is 0 Å². The molecule has 0 heterocycles. The quantitative estimate of drug-likeness (QED) is 0.112. The molecule has 0 fully saturated rings. The molecule has 39 heavy (non-hydrogen) atoms. The molecule has 14 nitrogen and oxygen atoms in total. The van der Waals surface area contributed by atoms with E-state index in [-0.39, 0.29) is 29.7 Å². The molecule has 0 aliphatic rings. The van der Waals surface area contributed by atoms with Crippen molar-refractivity contribution in [1.82, 2.24) is 40.4 Å². The number of methoxy groups -OCH3 is 1. The minimum Gasteiger partial charge on any atom is -0.369 e. The summed E-state index contributed by atoms with van der Waals surface area (Å²) in [7, 11) is 17.0. The Bertz CT molecular complexity index is 423. The van der Waals surface area contributed by atoms with E-state index in [9.17, 15) is 0 Å². The molecular weight excluding hydrogens is 508 g/mol. The highest BCUT2D eigenvalue weighted by atomic mass is 16.5. The molecule has 0 aromatic heterocycles. The van der Waals surface area contributed by atoms with Crippen LogP contribution in [-0.2, 0) is 28.4 Å². The van der Waals surface area contributed by atoms with Gasteiger partial charge in [0.1, 0.15) is 60.6 Å². The smallest absolute Gasteiger partial charge is 0.102 e. The van der Waals surface area contributed by atoms with Crippen molar-refractivity contribution in [3.8, 4) is 0 Å². The van der Waals surface area contributed by atoms with Crippen LogP contribution in [0.25, 0.3) is 0 Å². The third-order valence-corrected chi connectivity index (χ3v) is 3.76. The van der Waals surface area contributed by atoms with Gasteiger partial charge in [-0.05, 0) is 56.4 Å². The van der Waals surface area contributed by atoms with Gasteiger partial charge in [-0.2, -0.15) is 0 Å². The van der Waals surface area contributed by atoms with Gasteiger partial charge in [-0.15, -0.1) is 0 Å². The fourth-order valence-corrected chi connectivity index (χ4v) is 2.35. The zero-order chi connectivity index (χ0) is 26.7. The first-order valence-corrected chi connectivity index (χ1v) is 11.5. The molecule has 0 spiro atoms. The van der Waals surface area contributed by atoms with E-state index in [4.69, 9.17) is 28.4 Å². The van der Waals surface area contributed by atoms with Crippen LogP contribution in [0.1, 0.15) is 29.7 Å². The molecule has 0 radical (unpaired) electrons. The van der Waals surface area contributed by atoms with Crippen LogP contribution in [0.5, 0.6) is 0 Å². The molecule has 0 saturated carbocycles. The molecule has 3 N–H and O–H groups in total. The van der Waals surface area contributed by atoms with Crippen LogP contribution in [-0.4, -0.2) is 169 Å². The summed E-state index contributed by atoms with van der Waals surface area (Å²) in [6, 6.07) is 0. The molecular formula is C25H70N8O6. The van der Waals surface area contributed by atoms with Crippen LogP contribution in [0.4, 0.5) is 0 Å². The Morgan fingerprint density at radius 1 is 0.410 bits per heavy atom. The number of ether oxygens (including phenoxy) is 6. The summed E-state index contributed by atoms with van der Waals surface area (Å²) < 4.78 is 32.0. The van der Waals surface area contributed by atoms with Crippen molar-refractivity contribution in [2.24, 2.45) is 0 Å². The zero-order valence-electron chi connectivity index (χ0n) is 23.7. The minimum absolute atomic E-state index is 0. The first-order valence-electron chi connectivity index (χ1n) is 11.5. The number of hydrogen-bond acceptors (Lipinski definition) is 14. The van der Waals surface area contributed by atoms with Gasteiger partial charge in [0.2, 0.25) is 0 Å². The van der Waals surface area contributed by atoms with E-state index in [2.05, 4.69) is 16.0 Å². The van der Waals surface area contributed by atoms with Gasteiger partial charge in [0, 0.05) is 13.8 Å². The Balaban J connectivity index is -0.000000131. The van der Waals surface area contributed by atoms with Crippen molar-refractivity contribution in [3.63, 3.8) is 0 Å². The Hall–Kier alpha value is -0.560. The topological polar surface area (TPSA) is 108 Å². The first kappa shape index (κ1) is 51.2. The van der Waals surface area contributed by atoms with Gasteiger partial charge in [0.25, 0.3) is 0 Å². The standard InChI is InChI=1S/C12H30N4O4.C9H24N4O2.4CH4/c1-13-6-18-8-15(3)10-20-12-16(4)11-19-9-14(2)7-17-5;1-10-5-12(3)7-15-9-13(4)8-14-6-11-2;;;;/h13H,6-12H2,1-5H3;10-11H,5-9H2,1-4H3;4*1H4. The highest BCUT2D eigenvalue weighted by Crippen LogP contribution is 1.91. The number of rotatable bonds is 24. The van der Waals surface area contributed by atoms with Gasteiger partial charge in [-0.3, -0.25) is 35.1 Å². The van der Waals surface area contributed by atoms with Crippen molar-refractivity contribution >= 4 is 0 Å². The normalized spacial score (nSPS) is 10.6. The summed E-state index contributed by atoms with van der Waals surface area (Å²) in [4.78, 5) is 9.83. The van der Waals surface area contributed by atoms with Gasteiger partial charge in [0.05, 0.1) is 13.5 Å². The van der Waals surface area contributed by atoms with Crippen molar-refractivity contribution < 1.29 is 28.4 Å². The van der Waals surface area contributed by atoms with Crippen molar-refractivity contribution in [2.45, 2.75) is 29.7 Å². The molecule has 0 bridgehead atoms. The van der Waals surface area contributed by atoms with Gasteiger partial charge >= 0.3 is 0 Å². The van der Waals surface area contributed by atoms with E-state index in [1.54, 1.807) is 7.11 Å². The average Bonchev–Trinajstić information content (AvgIpc) is 2.80. The summed E-state index contributed by atoms with van der Waals surface area (Å²) in [6.07, 6.45) is 0. The number of hydrogen-bond donors (Lipinski definition) is 3. The second-order valence-corrected chi connectivity index (χ2v) is 8.26. The van der Waals surface area contributed by atoms with Gasteiger partial charge in [0.15, 0.2) is 0 Å². The molecule has 246 valence electrons. The Morgan fingerprint density at radius 2 is 0.692 bits per heavy atom. The van der Waals surface area contributed by atoms with Crippen LogP contribution < -0.4 is 16.0 Å². The van der Waals surface area contributed by atoms with Crippen LogP contribution in [0.3, 0.4) is 0 Å². The summed E-state index contributed by atoms with van der Waals surface area (Å²) in [5.74, 6) is 0. The number of nitrogens with one attached hydrogen (secondary N) is 3. The SMILES string of the molecule is C.C.C.C.CNCOCN(C)COCN(C)CNC.CNCOCN(C)COCN(C)COCN(C)COC. The van der Waals surface area contributed by atoms with Crippen molar-refractivity contribution in [1.29, 1.82) is 0 Å². The maximum absolute atomic E-state index is 5.53. The fraction of sp³-hybridized carbons (Fsp3) is 1.00. The maximum atomic E-state index is 5.53. The molecule has 0 atom stereocenters. The predicted molar refractivity (Wildman–Crippen MR) is 164 cm³/mol. The first-order chi connectivity index (χ1) is 16.8. The van der Waals surface area contributed by atoms with E-state index < -0.39 is 0 Å². The number of nitrogens with zero attached hydrogens (tertiary/aromatic N) is 5. The van der Waals surface area contributed by atoms with Crippen LogP contribution in [0.2, 0.25) is 0 Å². The Labute approximate surface area is 243 Å². The summed E-state index contributed by atoms with van der Waals surface area (Å²) >= 11 is 0. The zero-order valence-corrected chi connectivity index (χ0v) is 23.7. The van der Waals surface area contributed by atoms with Gasteiger partial charge < -0.3 is 33.7 Å². The largest absolute Gasteiger partial charge is 0.369 e. The van der Waals surface area contributed by atoms with Gasteiger partial charge in [-0.1, -0.05) is 29.7 Å². The second-order valence-electron chi connectivity index (χ2n) is 8.26. The lowest BCUT2D eigenvalue weighted by Gasteiger charge is -2.22. The molecule has 0 aromatic carbocycles. The third-order valence-electron chi connectivity index (χ3n) is 3.76. The van der Waals surface area contributed by atoms with E-state index in [0.29, 0.717) is 74.0 Å².